The molecule has 6 nitrogen and oxygen atoms in total. The molecule has 1 amide bonds. The summed E-state index contributed by atoms with van der Waals surface area (Å²) >= 11 is 0. The Morgan fingerprint density at radius 2 is 1.66 bits per heavy atom. The molecule has 1 heterocycles. The Bertz CT molecular complexity index is 1180. The van der Waals surface area contributed by atoms with Crippen LogP contribution in [0, 0.1) is 0 Å². The molecule has 3 aromatic carbocycles. The molecular weight excluding hydrogens is 438 g/mol. The number of carboxylic acid groups (broad SMARTS) is 1. The number of carboxylic acids is 1. The molecule has 3 aromatic rings. The highest BCUT2D eigenvalue weighted by molar-refractivity contribution is 6.17. The number of carbonyl (C=O) groups excluding carboxylic acids is 1. The zero-order chi connectivity index (χ0) is 24.6. The first-order valence-electron chi connectivity index (χ1n) is 12.1. The lowest BCUT2D eigenvalue weighted by atomic mass is 9.99. The minimum atomic E-state index is -0.992. The molecule has 4 rings (SSSR count). The number of rotatable bonds is 9. The summed E-state index contributed by atoms with van der Waals surface area (Å²) < 4.78 is 0. The van der Waals surface area contributed by atoms with Crippen molar-refractivity contribution in [2.24, 2.45) is 4.99 Å². The first kappa shape index (κ1) is 24.4. The highest BCUT2D eigenvalue weighted by Crippen LogP contribution is 2.24. The van der Waals surface area contributed by atoms with Crippen LogP contribution in [0.15, 0.2) is 89.9 Å². The van der Waals surface area contributed by atoms with Crippen LogP contribution >= 0.6 is 0 Å². The Balaban J connectivity index is 1.72. The van der Waals surface area contributed by atoms with Crippen LogP contribution in [-0.4, -0.2) is 52.8 Å². The third-order valence-corrected chi connectivity index (χ3v) is 6.40. The van der Waals surface area contributed by atoms with Crippen LogP contribution in [0.2, 0.25) is 0 Å². The van der Waals surface area contributed by atoms with E-state index in [1.165, 1.54) is 0 Å². The number of benzene rings is 3. The summed E-state index contributed by atoms with van der Waals surface area (Å²) in [5, 5.41) is 13.1. The molecule has 1 fully saturated rings. The summed E-state index contributed by atoms with van der Waals surface area (Å²) in [6, 6.07) is 25.4. The number of anilines is 1. The van der Waals surface area contributed by atoms with Gasteiger partial charge in [0.05, 0.1) is 17.4 Å². The van der Waals surface area contributed by atoms with Crippen molar-refractivity contribution in [1.29, 1.82) is 0 Å². The number of carbonyl (C=O) groups is 2. The molecule has 0 radical (unpaired) electrons. The molecule has 2 N–H and O–H groups in total. The van der Waals surface area contributed by atoms with Crippen LogP contribution in [0.3, 0.4) is 0 Å². The SMILES string of the molecule is CCN1CCCC1C(=O)Nc1ccccc1C(=NC(Cc1ccccc1)C(=O)O)c1ccccc1. The van der Waals surface area contributed by atoms with Gasteiger partial charge in [-0.2, -0.15) is 0 Å². The van der Waals surface area contributed by atoms with E-state index in [1.807, 2.05) is 84.9 Å². The van der Waals surface area contributed by atoms with Crippen LogP contribution in [0.1, 0.15) is 36.5 Å². The molecule has 2 atom stereocenters. The minimum Gasteiger partial charge on any atom is -0.480 e. The average molecular weight is 470 g/mol. The van der Waals surface area contributed by atoms with Crippen LogP contribution in [0.4, 0.5) is 5.69 Å². The highest BCUT2D eigenvalue weighted by atomic mass is 16.4. The fraction of sp³-hybridized carbons (Fsp3) is 0.276. The number of hydrogen-bond donors (Lipinski definition) is 2. The van der Waals surface area contributed by atoms with E-state index in [-0.39, 0.29) is 18.4 Å². The number of nitrogens with one attached hydrogen (secondary N) is 1. The number of aliphatic carboxylic acids is 1. The van der Waals surface area contributed by atoms with E-state index in [2.05, 4.69) is 17.1 Å². The van der Waals surface area contributed by atoms with E-state index in [0.717, 1.165) is 37.1 Å². The van der Waals surface area contributed by atoms with E-state index in [9.17, 15) is 14.7 Å². The van der Waals surface area contributed by atoms with Crippen LogP contribution < -0.4 is 5.32 Å². The monoisotopic (exact) mass is 469 g/mol. The van der Waals surface area contributed by atoms with Gasteiger partial charge < -0.3 is 10.4 Å². The van der Waals surface area contributed by atoms with E-state index < -0.39 is 12.0 Å². The van der Waals surface area contributed by atoms with Crippen molar-refractivity contribution in [3.05, 3.63) is 102 Å². The standard InChI is InChI=1S/C29H31N3O3/c1-2-32-19-11-18-26(32)28(33)31-24-17-10-9-16-23(24)27(22-14-7-4-8-15-22)30-25(29(34)35)20-21-12-5-3-6-13-21/h3-10,12-17,25-26H,2,11,18-20H2,1H3,(H,31,33)(H,34,35). The fourth-order valence-electron chi connectivity index (χ4n) is 4.59. The Kier molecular flexibility index (Phi) is 8.06. The van der Waals surface area contributed by atoms with E-state index in [0.29, 0.717) is 17.0 Å². The van der Waals surface area contributed by atoms with Gasteiger partial charge in [0.2, 0.25) is 5.91 Å². The van der Waals surface area contributed by atoms with Gasteiger partial charge in [-0.05, 0) is 37.6 Å². The zero-order valence-electron chi connectivity index (χ0n) is 19.9. The Morgan fingerprint density at radius 1 is 1.00 bits per heavy atom. The molecule has 2 unspecified atom stereocenters. The lowest BCUT2D eigenvalue weighted by Gasteiger charge is -2.23. The summed E-state index contributed by atoms with van der Waals surface area (Å²) in [6.45, 7) is 3.82. The summed E-state index contributed by atoms with van der Waals surface area (Å²) in [5.41, 5.74) is 3.58. The van der Waals surface area contributed by atoms with Gasteiger partial charge in [-0.25, -0.2) is 4.79 Å². The predicted molar refractivity (Wildman–Crippen MR) is 139 cm³/mol. The molecule has 0 aromatic heterocycles. The number of nitrogens with zero attached hydrogens (tertiary/aromatic N) is 2. The zero-order valence-corrected chi connectivity index (χ0v) is 19.9. The Morgan fingerprint density at radius 3 is 2.34 bits per heavy atom. The first-order chi connectivity index (χ1) is 17.1. The highest BCUT2D eigenvalue weighted by Gasteiger charge is 2.30. The summed E-state index contributed by atoms with van der Waals surface area (Å²) in [6.07, 6.45) is 2.11. The second-order valence-corrected chi connectivity index (χ2v) is 8.71. The summed E-state index contributed by atoms with van der Waals surface area (Å²) in [5.74, 6) is -1.03. The maximum atomic E-state index is 13.2. The molecule has 1 aliphatic heterocycles. The Labute approximate surface area is 206 Å². The van der Waals surface area contributed by atoms with Crippen molar-refractivity contribution in [3.63, 3.8) is 0 Å². The molecule has 1 saturated heterocycles. The van der Waals surface area contributed by atoms with Crippen molar-refractivity contribution >= 4 is 23.3 Å². The summed E-state index contributed by atoms with van der Waals surface area (Å²) in [4.78, 5) is 32.4. The van der Waals surface area contributed by atoms with Crippen molar-refractivity contribution in [2.45, 2.75) is 38.3 Å². The van der Waals surface area contributed by atoms with Crippen molar-refractivity contribution in [2.75, 3.05) is 18.4 Å². The normalized spacial score (nSPS) is 17.2. The van der Waals surface area contributed by atoms with E-state index in [4.69, 9.17) is 4.99 Å². The molecule has 1 aliphatic rings. The molecule has 35 heavy (non-hydrogen) atoms. The van der Waals surface area contributed by atoms with Crippen LogP contribution in [0.25, 0.3) is 0 Å². The third kappa shape index (κ3) is 6.03. The van der Waals surface area contributed by atoms with Gasteiger partial charge in [0.15, 0.2) is 6.04 Å². The van der Waals surface area contributed by atoms with Gasteiger partial charge >= 0.3 is 5.97 Å². The second kappa shape index (κ2) is 11.6. The first-order valence-corrected chi connectivity index (χ1v) is 12.1. The minimum absolute atomic E-state index is 0.0386. The molecule has 6 heteroatoms. The van der Waals surface area contributed by atoms with Gasteiger partial charge in [-0.15, -0.1) is 0 Å². The quantitative estimate of drug-likeness (QED) is 0.447. The van der Waals surface area contributed by atoms with Gasteiger partial charge in [-0.1, -0.05) is 85.8 Å². The number of hydrogen-bond acceptors (Lipinski definition) is 4. The van der Waals surface area contributed by atoms with Gasteiger partial charge in [0, 0.05) is 17.5 Å². The Hall–Kier alpha value is -3.77. The second-order valence-electron chi connectivity index (χ2n) is 8.71. The van der Waals surface area contributed by atoms with E-state index in [1.54, 1.807) is 0 Å². The van der Waals surface area contributed by atoms with Crippen molar-refractivity contribution < 1.29 is 14.7 Å². The average Bonchev–Trinajstić information content (AvgIpc) is 3.37. The van der Waals surface area contributed by atoms with Gasteiger partial charge in [0.1, 0.15) is 0 Å². The van der Waals surface area contributed by atoms with Gasteiger partial charge in [-0.3, -0.25) is 14.7 Å². The fourth-order valence-corrected chi connectivity index (χ4v) is 4.59. The lowest BCUT2D eigenvalue weighted by Crippen LogP contribution is -2.39. The molecular formula is C29H31N3O3. The topological polar surface area (TPSA) is 82.0 Å². The largest absolute Gasteiger partial charge is 0.480 e. The number of likely N-dealkylation sites (N-methyl/N-ethyl adjacent to an activating group) is 1. The van der Waals surface area contributed by atoms with Crippen molar-refractivity contribution in [3.8, 4) is 0 Å². The summed E-state index contributed by atoms with van der Waals surface area (Å²) in [7, 11) is 0. The molecule has 180 valence electrons. The number of amides is 1. The van der Waals surface area contributed by atoms with E-state index >= 15 is 0 Å². The van der Waals surface area contributed by atoms with Crippen LogP contribution in [0.5, 0.6) is 0 Å². The maximum absolute atomic E-state index is 13.2. The molecule has 0 saturated carbocycles. The number of likely N-dealkylation sites (tertiary alicyclic amines) is 1. The van der Waals surface area contributed by atoms with Crippen molar-refractivity contribution in [1.82, 2.24) is 4.90 Å². The smallest absolute Gasteiger partial charge is 0.328 e. The molecule has 0 bridgehead atoms. The van der Waals surface area contributed by atoms with Crippen LogP contribution in [-0.2, 0) is 16.0 Å². The maximum Gasteiger partial charge on any atom is 0.328 e. The van der Waals surface area contributed by atoms with Gasteiger partial charge in [0.25, 0.3) is 0 Å². The molecule has 0 aliphatic carbocycles. The number of para-hydroxylation sites is 1. The third-order valence-electron chi connectivity index (χ3n) is 6.40. The molecule has 0 spiro atoms. The number of aliphatic imine (C=N–C) groups is 1. The predicted octanol–water partition coefficient (Wildman–Crippen LogP) is 4.64. The lowest BCUT2D eigenvalue weighted by molar-refractivity contribution is -0.138.